The van der Waals surface area contributed by atoms with Crippen molar-refractivity contribution in [2.45, 2.75) is 27.7 Å². The van der Waals surface area contributed by atoms with Crippen molar-refractivity contribution < 1.29 is 0 Å². The number of hydrogen-bond acceptors (Lipinski definition) is 0. The summed E-state index contributed by atoms with van der Waals surface area (Å²) in [7, 11) is 5.43. The highest BCUT2D eigenvalue weighted by Gasteiger charge is 2.23. The number of allylic oxidation sites excluding steroid dienone is 1. The van der Waals surface area contributed by atoms with Crippen LogP contribution < -0.4 is 0 Å². The summed E-state index contributed by atoms with van der Waals surface area (Å²) in [4.78, 5) is 0. The van der Waals surface area contributed by atoms with E-state index in [2.05, 4.69) is 52.0 Å². The second-order valence-corrected chi connectivity index (χ2v) is 4.45. The van der Waals surface area contributed by atoms with Crippen LogP contribution in [0.15, 0.2) is 11.1 Å². The summed E-state index contributed by atoms with van der Waals surface area (Å²) in [6.45, 7) is 9.03. The zero-order chi connectivity index (χ0) is 8.36. The highest BCUT2D eigenvalue weighted by atomic mass is 31.0. The molecule has 2 atom stereocenters. The first-order valence-corrected chi connectivity index (χ1v) is 4.85. The maximum atomic E-state index is 2.79. The monoisotopic (exact) mass is 176 g/mol. The van der Waals surface area contributed by atoms with Gasteiger partial charge < -0.3 is 0 Å². The Hall–Kier alpha value is 0.600. The third-order valence-corrected chi connectivity index (χ3v) is 4.05. The smallest absolute Gasteiger partial charge is 0.00811 e. The SMILES string of the molecule is CC(C)C(C)(C)/C(P)=C/P. The summed E-state index contributed by atoms with van der Waals surface area (Å²) >= 11 is 0. The molecule has 0 bridgehead atoms. The lowest BCUT2D eigenvalue weighted by Crippen LogP contribution is -2.18. The Bertz CT molecular complexity index is 134. The molecule has 0 aromatic heterocycles. The minimum atomic E-state index is 0.312. The first kappa shape index (κ1) is 10.6. The Balaban J connectivity index is 4.40. The standard InChI is InChI=1S/C8H18P2/c1-6(2)8(3,4)7(10)5-9/h5-6H,9-10H2,1-4H3/b7-5-. The van der Waals surface area contributed by atoms with Crippen LogP contribution >= 0.6 is 18.5 Å². The van der Waals surface area contributed by atoms with Gasteiger partial charge in [-0.2, -0.15) is 0 Å². The lowest BCUT2D eigenvalue weighted by molar-refractivity contribution is 0.327. The molecule has 0 amide bonds. The van der Waals surface area contributed by atoms with Gasteiger partial charge in [-0.25, -0.2) is 0 Å². The van der Waals surface area contributed by atoms with E-state index in [0.717, 1.165) is 0 Å². The fourth-order valence-corrected chi connectivity index (χ4v) is 1.31. The largest absolute Gasteiger partial charge is 0.113 e. The van der Waals surface area contributed by atoms with Gasteiger partial charge in [0.25, 0.3) is 0 Å². The second kappa shape index (κ2) is 3.84. The molecule has 60 valence electrons. The predicted molar refractivity (Wildman–Crippen MR) is 56.1 cm³/mol. The van der Waals surface area contributed by atoms with Crippen molar-refractivity contribution in [2.75, 3.05) is 0 Å². The molecule has 0 aliphatic carbocycles. The Morgan fingerprint density at radius 1 is 1.40 bits per heavy atom. The summed E-state index contributed by atoms with van der Waals surface area (Å²) < 4.78 is 0. The molecule has 0 heterocycles. The molecule has 10 heavy (non-hydrogen) atoms. The van der Waals surface area contributed by atoms with Crippen molar-refractivity contribution in [3.05, 3.63) is 11.1 Å². The Kier molecular flexibility index (Phi) is 4.07. The van der Waals surface area contributed by atoms with Gasteiger partial charge in [-0.05, 0) is 16.6 Å². The Labute approximate surface area is 69.3 Å². The minimum absolute atomic E-state index is 0.312. The fraction of sp³-hybridized carbons (Fsp3) is 0.750. The predicted octanol–water partition coefficient (Wildman–Crippen LogP) is 3.26. The van der Waals surface area contributed by atoms with Crippen molar-refractivity contribution in [2.24, 2.45) is 11.3 Å². The van der Waals surface area contributed by atoms with E-state index in [1.165, 1.54) is 5.31 Å². The average Bonchev–Trinajstić information content (AvgIpc) is 1.86. The van der Waals surface area contributed by atoms with Gasteiger partial charge in [0.05, 0.1) is 0 Å². The third kappa shape index (κ3) is 2.33. The van der Waals surface area contributed by atoms with Gasteiger partial charge in [0.2, 0.25) is 0 Å². The van der Waals surface area contributed by atoms with Crippen LogP contribution in [0.5, 0.6) is 0 Å². The molecule has 0 saturated heterocycles. The van der Waals surface area contributed by atoms with E-state index in [1.807, 2.05) is 0 Å². The van der Waals surface area contributed by atoms with Crippen LogP contribution in [0.4, 0.5) is 0 Å². The topological polar surface area (TPSA) is 0 Å². The Morgan fingerprint density at radius 3 is 1.90 bits per heavy atom. The van der Waals surface area contributed by atoms with Gasteiger partial charge in [0.1, 0.15) is 0 Å². The quantitative estimate of drug-likeness (QED) is 0.566. The van der Waals surface area contributed by atoms with Gasteiger partial charge in [-0.3, -0.25) is 0 Å². The van der Waals surface area contributed by atoms with Crippen molar-refractivity contribution in [1.82, 2.24) is 0 Å². The molecule has 0 rings (SSSR count). The summed E-state index contributed by atoms with van der Waals surface area (Å²) in [5, 5.41) is 1.37. The van der Waals surface area contributed by atoms with Crippen LogP contribution in [-0.2, 0) is 0 Å². The molecule has 0 aliphatic heterocycles. The average molecular weight is 176 g/mol. The van der Waals surface area contributed by atoms with Gasteiger partial charge in [-0.1, -0.05) is 33.5 Å². The van der Waals surface area contributed by atoms with Crippen molar-refractivity contribution in [1.29, 1.82) is 0 Å². The molecule has 0 aliphatic rings. The third-order valence-electron chi connectivity index (χ3n) is 2.37. The molecule has 0 nitrogen and oxygen atoms in total. The maximum Gasteiger partial charge on any atom is -0.00811 e. The van der Waals surface area contributed by atoms with E-state index < -0.39 is 0 Å². The normalized spacial score (nSPS) is 14.5. The van der Waals surface area contributed by atoms with Crippen LogP contribution in [0, 0.1) is 11.3 Å². The molecule has 0 radical (unpaired) electrons. The van der Waals surface area contributed by atoms with Crippen LogP contribution in [0.1, 0.15) is 27.7 Å². The molecule has 2 heteroatoms. The van der Waals surface area contributed by atoms with E-state index in [4.69, 9.17) is 0 Å². The van der Waals surface area contributed by atoms with Crippen molar-refractivity contribution in [3.63, 3.8) is 0 Å². The van der Waals surface area contributed by atoms with E-state index >= 15 is 0 Å². The second-order valence-electron chi connectivity index (χ2n) is 3.50. The minimum Gasteiger partial charge on any atom is -0.113 e. The molecule has 2 unspecified atom stereocenters. The molecular weight excluding hydrogens is 158 g/mol. The maximum absolute atomic E-state index is 2.79. The van der Waals surface area contributed by atoms with Gasteiger partial charge in [0.15, 0.2) is 0 Å². The number of hydrogen-bond donors (Lipinski definition) is 0. The lowest BCUT2D eigenvalue weighted by Gasteiger charge is -2.29. The van der Waals surface area contributed by atoms with Crippen LogP contribution in [0.2, 0.25) is 0 Å². The van der Waals surface area contributed by atoms with Gasteiger partial charge in [-0.15, -0.1) is 18.5 Å². The number of rotatable bonds is 2. The Morgan fingerprint density at radius 2 is 1.80 bits per heavy atom. The zero-order valence-electron chi connectivity index (χ0n) is 7.31. The van der Waals surface area contributed by atoms with Crippen LogP contribution in [0.25, 0.3) is 0 Å². The summed E-state index contributed by atoms with van der Waals surface area (Å²) in [6, 6.07) is 0. The zero-order valence-corrected chi connectivity index (χ0v) is 9.62. The van der Waals surface area contributed by atoms with Crippen molar-refractivity contribution in [3.8, 4) is 0 Å². The highest BCUT2D eigenvalue weighted by Crippen LogP contribution is 2.38. The first-order chi connectivity index (χ1) is 4.42. The first-order valence-electron chi connectivity index (χ1n) is 3.60. The molecule has 0 aromatic rings. The van der Waals surface area contributed by atoms with E-state index in [1.54, 1.807) is 0 Å². The van der Waals surface area contributed by atoms with Crippen molar-refractivity contribution >= 4 is 18.5 Å². The lowest BCUT2D eigenvalue weighted by atomic mass is 9.81. The summed E-state index contributed by atoms with van der Waals surface area (Å²) in [6.07, 6.45) is 0. The fourth-order valence-electron chi connectivity index (χ4n) is 0.548. The summed E-state index contributed by atoms with van der Waals surface area (Å²) in [5.41, 5.74) is 0.312. The molecule has 0 spiro atoms. The molecule has 0 saturated carbocycles. The molecular formula is C8H18P2. The van der Waals surface area contributed by atoms with E-state index in [9.17, 15) is 0 Å². The van der Waals surface area contributed by atoms with Crippen LogP contribution in [0.3, 0.4) is 0 Å². The molecule has 0 fully saturated rings. The van der Waals surface area contributed by atoms with Crippen LogP contribution in [-0.4, -0.2) is 0 Å². The van der Waals surface area contributed by atoms with E-state index in [-0.39, 0.29) is 0 Å². The summed E-state index contributed by atoms with van der Waals surface area (Å²) in [5.74, 6) is 2.78. The molecule has 0 aromatic carbocycles. The van der Waals surface area contributed by atoms with Gasteiger partial charge >= 0.3 is 0 Å². The van der Waals surface area contributed by atoms with E-state index in [0.29, 0.717) is 11.3 Å². The van der Waals surface area contributed by atoms with Gasteiger partial charge in [0, 0.05) is 0 Å². The molecule has 0 N–H and O–H groups in total. The highest BCUT2D eigenvalue weighted by molar-refractivity contribution is 7.27.